The van der Waals surface area contributed by atoms with Crippen molar-refractivity contribution in [2.75, 3.05) is 10.6 Å². The Hall–Kier alpha value is -1.59. The van der Waals surface area contributed by atoms with E-state index in [4.69, 9.17) is 11.6 Å². The van der Waals surface area contributed by atoms with E-state index in [1.165, 1.54) is 4.88 Å². The second-order valence-corrected chi connectivity index (χ2v) is 6.06. The minimum Gasteiger partial charge on any atom is -0.376 e. The molecule has 21 heavy (non-hydrogen) atoms. The van der Waals surface area contributed by atoms with E-state index in [9.17, 15) is 4.79 Å². The van der Waals surface area contributed by atoms with Crippen LogP contribution in [0.4, 0.5) is 11.4 Å². The van der Waals surface area contributed by atoms with E-state index in [-0.39, 0.29) is 11.9 Å². The Morgan fingerprint density at radius 1 is 1.48 bits per heavy atom. The summed E-state index contributed by atoms with van der Waals surface area (Å²) < 4.78 is 0. The van der Waals surface area contributed by atoms with Crippen LogP contribution in [0.5, 0.6) is 0 Å². The molecule has 0 saturated carbocycles. The number of nitrogens with one attached hydrogen (secondary N) is 2. The number of aryl methyl sites for hydroxylation is 1. The SMILES string of the molecule is CCC(=O)Nc1ccc(Cl)c(NC(C)c2scnc2C)c1. The fourth-order valence-corrected chi connectivity index (χ4v) is 2.97. The summed E-state index contributed by atoms with van der Waals surface area (Å²) in [6.07, 6.45) is 0.446. The molecule has 1 unspecified atom stereocenters. The van der Waals surface area contributed by atoms with Crippen LogP contribution in [0.1, 0.15) is 36.9 Å². The number of carbonyl (C=O) groups is 1. The molecular formula is C15H18ClN3OS. The third-order valence-corrected chi connectivity index (χ3v) is 4.56. The lowest BCUT2D eigenvalue weighted by molar-refractivity contribution is -0.115. The second kappa shape index (κ2) is 6.91. The van der Waals surface area contributed by atoms with Crippen LogP contribution in [0.3, 0.4) is 0 Å². The van der Waals surface area contributed by atoms with E-state index in [1.54, 1.807) is 23.5 Å². The molecule has 1 aromatic carbocycles. The summed E-state index contributed by atoms with van der Waals surface area (Å²) in [6.45, 7) is 5.87. The Bertz CT molecular complexity index is 642. The standard InChI is InChI=1S/C15H18ClN3OS/c1-4-14(20)19-11-5-6-12(16)13(7-11)18-10(3)15-9(2)17-8-21-15/h5-8,10,18H,4H2,1-3H3,(H,19,20). The maximum atomic E-state index is 11.5. The molecule has 0 fully saturated rings. The van der Waals surface area contributed by atoms with Crippen molar-refractivity contribution < 1.29 is 4.79 Å². The zero-order chi connectivity index (χ0) is 15.4. The van der Waals surface area contributed by atoms with Crippen LogP contribution in [-0.4, -0.2) is 10.9 Å². The van der Waals surface area contributed by atoms with E-state index in [0.717, 1.165) is 17.1 Å². The average molecular weight is 324 g/mol. The maximum absolute atomic E-state index is 11.5. The Morgan fingerprint density at radius 3 is 2.86 bits per heavy atom. The molecule has 2 aromatic rings. The van der Waals surface area contributed by atoms with E-state index in [1.807, 2.05) is 25.4 Å². The number of hydrogen-bond acceptors (Lipinski definition) is 4. The van der Waals surface area contributed by atoms with Gasteiger partial charge in [0.05, 0.1) is 28.0 Å². The highest BCUT2D eigenvalue weighted by Crippen LogP contribution is 2.31. The summed E-state index contributed by atoms with van der Waals surface area (Å²) in [5.74, 6) is -0.0189. The molecule has 0 saturated heterocycles. The molecule has 0 bridgehead atoms. The van der Waals surface area contributed by atoms with E-state index in [2.05, 4.69) is 22.5 Å². The summed E-state index contributed by atoms with van der Waals surface area (Å²) in [4.78, 5) is 16.9. The Kier molecular flexibility index (Phi) is 5.20. The second-order valence-electron chi connectivity index (χ2n) is 4.76. The molecule has 6 heteroatoms. The van der Waals surface area contributed by atoms with Crippen LogP contribution in [0, 0.1) is 6.92 Å². The van der Waals surface area contributed by atoms with Crippen molar-refractivity contribution in [2.45, 2.75) is 33.2 Å². The van der Waals surface area contributed by atoms with Crippen molar-refractivity contribution in [3.8, 4) is 0 Å². The van der Waals surface area contributed by atoms with Gasteiger partial charge in [0.25, 0.3) is 0 Å². The van der Waals surface area contributed by atoms with Gasteiger partial charge in [-0.3, -0.25) is 4.79 Å². The molecular weight excluding hydrogens is 306 g/mol. The number of benzene rings is 1. The van der Waals surface area contributed by atoms with Crippen LogP contribution in [0.2, 0.25) is 5.02 Å². The van der Waals surface area contributed by atoms with Crippen molar-refractivity contribution in [2.24, 2.45) is 0 Å². The third-order valence-electron chi connectivity index (χ3n) is 3.12. The van der Waals surface area contributed by atoms with E-state index < -0.39 is 0 Å². The van der Waals surface area contributed by atoms with Gasteiger partial charge in [-0.15, -0.1) is 11.3 Å². The highest BCUT2D eigenvalue weighted by Gasteiger charge is 2.13. The minimum atomic E-state index is -0.0189. The molecule has 0 spiro atoms. The van der Waals surface area contributed by atoms with Gasteiger partial charge in [-0.2, -0.15) is 0 Å². The molecule has 1 amide bonds. The number of nitrogens with zero attached hydrogens (tertiary/aromatic N) is 1. The largest absolute Gasteiger partial charge is 0.376 e. The van der Waals surface area contributed by atoms with Gasteiger partial charge in [0.1, 0.15) is 0 Å². The number of amides is 1. The predicted molar refractivity (Wildman–Crippen MR) is 89.3 cm³/mol. The highest BCUT2D eigenvalue weighted by atomic mass is 35.5. The molecule has 0 aliphatic carbocycles. The zero-order valence-corrected chi connectivity index (χ0v) is 13.8. The third kappa shape index (κ3) is 3.95. The summed E-state index contributed by atoms with van der Waals surface area (Å²) >= 11 is 7.84. The minimum absolute atomic E-state index is 0.0189. The van der Waals surface area contributed by atoms with Crippen molar-refractivity contribution in [1.82, 2.24) is 4.98 Å². The summed E-state index contributed by atoms with van der Waals surface area (Å²) in [5.41, 5.74) is 4.39. The Balaban J connectivity index is 2.17. The summed E-state index contributed by atoms with van der Waals surface area (Å²) in [7, 11) is 0. The first kappa shape index (κ1) is 15.8. The van der Waals surface area contributed by atoms with E-state index >= 15 is 0 Å². The predicted octanol–water partition coefficient (Wildman–Crippen LogP) is 4.63. The number of halogens is 1. The molecule has 1 aromatic heterocycles. The van der Waals surface area contributed by atoms with Gasteiger partial charge in [0.2, 0.25) is 5.91 Å². The average Bonchev–Trinajstić information content (AvgIpc) is 2.88. The Labute approximate surface area is 133 Å². The van der Waals surface area contributed by atoms with Gasteiger partial charge in [0.15, 0.2) is 0 Å². The van der Waals surface area contributed by atoms with Gasteiger partial charge in [-0.25, -0.2) is 4.98 Å². The summed E-state index contributed by atoms with van der Waals surface area (Å²) in [5, 5.41) is 6.83. The number of rotatable bonds is 5. The fraction of sp³-hybridized carbons (Fsp3) is 0.333. The van der Waals surface area contributed by atoms with Crippen molar-refractivity contribution >= 4 is 40.2 Å². The first-order chi connectivity index (χ1) is 10.0. The Morgan fingerprint density at radius 2 is 2.24 bits per heavy atom. The number of aromatic nitrogens is 1. The fourth-order valence-electron chi connectivity index (χ4n) is 1.99. The molecule has 2 rings (SSSR count). The molecule has 1 atom stereocenters. The number of hydrogen-bond donors (Lipinski definition) is 2. The van der Waals surface area contributed by atoms with Gasteiger partial charge in [-0.1, -0.05) is 18.5 Å². The summed E-state index contributed by atoms with van der Waals surface area (Å²) in [6, 6.07) is 5.53. The molecule has 2 N–H and O–H groups in total. The highest BCUT2D eigenvalue weighted by molar-refractivity contribution is 7.09. The normalized spacial score (nSPS) is 12.0. The smallest absolute Gasteiger partial charge is 0.224 e. The van der Waals surface area contributed by atoms with Crippen LogP contribution < -0.4 is 10.6 Å². The molecule has 0 aliphatic rings. The van der Waals surface area contributed by atoms with Gasteiger partial charge >= 0.3 is 0 Å². The molecule has 0 aliphatic heterocycles. The number of carbonyl (C=O) groups excluding carboxylic acids is 1. The van der Waals surface area contributed by atoms with Gasteiger partial charge in [0, 0.05) is 17.0 Å². The quantitative estimate of drug-likeness (QED) is 0.843. The van der Waals surface area contributed by atoms with Gasteiger partial charge in [-0.05, 0) is 32.0 Å². The number of thiazole rings is 1. The lowest BCUT2D eigenvalue weighted by Gasteiger charge is -2.16. The van der Waals surface area contributed by atoms with Crippen LogP contribution in [0.15, 0.2) is 23.7 Å². The lowest BCUT2D eigenvalue weighted by atomic mass is 10.2. The maximum Gasteiger partial charge on any atom is 0.224 e. The van der Waals surface area contributed by atoms with Crippen molar-refractivity contribution in [1.29, 1.82) is 0 Å². The first-order valence-electron chi connectivity index (χ1n) is 6.77. The molecule has 112 valence electrons. The van der Waals surface area contributed by atoms with Crippen LogP contribution in [0.25, 0.3) is 0 Å². The topological polar surface area (TPSA) is 54.0 Å². The van der Waals surface area contributed by atoms with Crippen molar-refractivity contribution in [3.05, 3.63) is 39.3 Å². The van der Waals surface area contributed by atoms with Crippen molar-refractivity contribution in [3.63, 3.8) is 0 Å². The monoisotopic (exact) mass is 323 g/mol. The van der Waals surface area contributed by atoms with E-state index in [0.29, 0.717) is 11.4 Å². The molecule has 4 nitrogen and oxygen atoms in total. The van der Waals surface area contributed by atoms with Crippen LogP contribution >= 0.6 is 22.9 Å². The lowest BCUT2D eigenvalue weighted by Crippen LogP contribution is -2.11. The van der Waals surface area contributed by atoms with Crippen LogP contribution in [-0.2, 0) is 4.79 Å². The number of anilines is 2. The first-order valence-corrected chi connectivity index (χ1v) is 8.03. The zero-order valence-electron chi connectivity index (χ0n) is 12.2. The molecule has 0 radical (unpaired) electrons. The molecule has 1 heterocycles. The van der Waals surface area contributed by atoms with Gasteiger partial charge < -0.3 is 10.6 Å².